The third kappa shape index (κ3) is 5.69. The summed E-state index contributed by atoms with van der Waals surface area (Å²) in [4.78, 5) is 12.3. The SMILES string of the molecule is O=C(NCC(CO)Cc1ccc(OC(F)(F)F)cc1)OCC1c2ccccc2-c2ccccc21. The van der Waals surface area contributed by atoms with Crippen LogP contribution in [0.3, 0.4) is 0 Å². The molecule has 1 unspecified atom stereocenters. The fraction of sp³-hybridized carbons (Fsp3) is 0.269. The maximum atomic E-state index is 12.3. The van der Waals surface area contributed by atoms with Gasteiger partial charge in [-0.25, -0.2) is 4.79 Å². The van der Waals surface area contributed by atoms with E-state index in [0.29, 0.717) is 12.0 Å². The van der Waals surface area contributed by atoms with Crippen molar-refractivity contribution in [2.75, 3.05) is 19.8 Å². The second-order valence-corrected chi connectivity index (χ2v) is 8.15. The number of benzene rings is 3. The van der Waals surface area contributed by atoms with Crippen LogP contribution in [0.5, 0.6) is 5.75 Å². The van der Waals surface area contributed by atoms with Crippen LogP contribution in [0.2, 0.25) is 0 Å². The summed E-state index contributed by atoms with van der Waals surface area (Å²) in [6, 6.07) is 21.5. The fourth-order valence-corrected chi connectivity index (χ4v) is 4.24. The molecule has 0 radical (unpaired) electrons. The van der Waals surface area contributed by atoms with E-state index in [-0.39, 0.29) is 37.3 Å². The molecule has 34 heavy (non-hydrogen) atoms. The maximum Gasteiger partial charge on any atom is 0.573 e. The third-order valence-electron chi connectivity index (χ3n) is 5.82. The highest BCUT2D eigenvalue weighted by atomic mass is 19.4. The summed E-state index contributed by atoms with van der Waals surface area (Å²) in [6.07, 6.45) is -4.97. The highest BCUT2D eigenvalue weighted by Gasteiger charge is 2.31. The molecule has 0 aliphatic heterocycles. The summed E-state index contributed by atoms with van der Waals surface area (Å²) in [6.45, 7) is 0.142. The molecule has 1 atom stereocenters. The Morgan fingerprint density at radius 1 is 0.941 bits per heavy atom. The smallest absolute Gasteiger partial charge is 0.449 e. The molecule has 1 aliphatic carbocycles. The Balaban J connectivity index is 1.29. The molecule has 178 valence electrons. The zero-order valence-electron chi connectivity index (χ0n) is 18.2. The molecule has 5 nitrogen and oxygen atoms in total. The van der Waals surface area contributed by atoms with Crippen LogP contribution in [0.15, 0.2) is 72.8 Å². The van der Waals surface area contributed by atoms with Gasteiger partial charge in [-0.1, -0.05) is 60.7 Å². The van der Waals surface area contributed by atoms with Gasteiger partial charge in [-0.05, 0) is 46.4 Å². The molecule has 1 aliphatic rings. The number of carbonyl (C=O) groups excluding carboxylic acids is 1. The molecular formula is C26H24F3NO4. The number of halogens is 3. The summed E-state index contributed by atoms with van der Waals surface area (Å²) >= 11 is 0. The lowest BCUT2D eigenvalue weighted by Crippen LogP contribution is -2.33. The van der Waals surface area contributed by atoms with Crippen molar-refractivity contribution in [1.29, 1.82) is 0 Å². The molecular weight excluding hydrogens is 447 g/mol. The molecule has 3 aromatic rings. The largest absolute Gasteiger partial charge is 0.573 e. The van der Waals surface area contributed by atoms with E-state index in [1.54, 1.807) is 0 Å². The Morgan fingerprint density at radius 3 is 2.09 bits per heavy atom. The van der Waals surface area contributed by atoms with E-state index in [0.717, 1.165) is 22.3 Å². The van der Waals surface area contributed by atoms with Crippen LogP contribution in [-0.2, 0) is 11.2 Å². The second kappa shape index (κ2) is 10.2. The lowest BCUT2D eigenvalue weighted by molar-refractivity contribution is -0.274. The van der Waals surface area contributed by atoms with Crippen LogP contribution in [0, 0.1) is 5.92 Å². The predicted molar refractivity (Wildman–Crippen MR) is 120 cm³/mol. The van der Waals surface area contributed by atoms with Crippen LogP contribution in [0.25, 0.3) is 11.1 Å². The number of aliphatic hydroxyl groups excluding tert-OH is 1. The van der Waals surface area contributed by atoms with Crippen LogP contribution in [0.4, 0.5) is 18.0 Å². The van der Waals surface area contributed by atoms with E-state index < -0.39 is 12.5 Å². The quantitative estimate of drug-likeness (QED) is 0.470. The third-order valence-corrected chi connectivity index (χ3v) is 5.82. The van der Waals surface area contributed by atoms with Gasteiger partial charge in [0, 0.05) is 25.0 Å². The molecule has 1 amide bonds. The van der Waals surface area contributed by atoms with Gasteiger partial charge in [-0.2, -0.15) is 0 Å². The number of hydrogen-bond acceptors (Lipinski definition) is 4. The van der Waals surface area contributed by atoms with Crippen molar-refractivity contribution < 1.29 is 32.5 Å². The van der Waals surface area contributed by atoms with E-state index in [9.17, 15) is 23.1 Å². The Hall–Kier alpha value is -3.52. The first-order chi connectivity index (χ1) is 16.3. The van der Waals surface area contributed by atoms with Crippen LogP contribution in [0.1, 0.15) is 22.6 Å². The van der Waals surface area contributed by atoms with Gasteiger partial charge in [0.05, 0.1) is 0 Å². The van der Waals surface area contributed by atoms with Crippen molar-refractivity contribution in [2.24, 2.45) is 5.92 Å². The molecule has 0 bridgehead atoms. The number of alkyl halides is 3. The minimum absolute atomic E-state index is 0.0516. The van der Waals surface area contributed by atoms with Crippen molar-refractivity contribution in [2.45, 2.75) is 18.7 Å². The molecule has 3 aromatic carbocycles. The zero-order valence-corrected chi connectivity index (χ0v) is 18.2. The first kappa shape index (κ1) is 23.6. The molecule has 0 aromatic heterocycles. The number of nitrogens with one attached hydrogen (secondary N) is 1. The number of rotatable bonds is 8. The van der Waals surface area contributed by atoms with Gasteiger partial charge >= 0.3 is 12.5 Å². The normalized spacial score (nSPS) is 13.6. The molecule has 0 spiro atoms. The monoisotopic (exact) mass is 471 g/mol. The topological polar surface area (TPSA) is 67.8 Å². The number of amides is 1. The zero-order chi connectivity index (χ0) is 24.1. The molecule has 0 fully saturated rings. The van der Waals surface area contributed by atoms with Crippen LogP contribution < -0.4 is 10.1 Å². The number of alkyl carbamates (subject to hydrolysis) is 1. The van der Waals surface area contributed by atoms with E-state index in [2.05, 4.69) is 22.2 Å². The first-order valence-corrected chi connectivity index (χ1v) is 10.9. The molecule has 4 rings (SSSR count). The van der Waals surface area contributed by atoms with Crippen molar-refractivity contribution in [3.8, 4) is 16.9 Å². The minimum Gasteiger partial charge on any atom is -0.449 e. The molecule has 8 heteroatoms. The average molecular weight is 471 g/mol. The summed E-state index contributed by atoms with van der Waals surface area (Å²) in [5.41, 5.74) is 5.21. The highest BCUT2D eigenvalue weighted by Crippen LogP contribution is 2.44. The Morgan fingerprint density at radius 2 is 1.53 bits per heavy atom. The number of carbonyl (C=O) groups is 1. The standard InChI is InChI=1S/C26H24F3NO4/c27-26(28,29)34-19-11-9-17(10-12-19)13-18(15-31)14-30-25(32)33-16-24-22-7-3-1-5-20(22)21-6-2-4-8-23(21)24/h1-12,18,24,31H,13-16H2,(H,30,32). The summed E-state index contributed by atoms with van der Waals surface area (Å²) in [5.74, 6) is -0.687. The van der Waals surface area contributed by atoms with Gasteiger partial charge in [-0.3, -0.25) is 0 Å². The van der Waals surface area contributed by atoms with E-state index in [4.69, 9.17) is 4.74 Å². The molecule has 0 saturated heterocycles. The predicted octanol–water partition coefficient (Wildman–Crippen LogP) is 5.27. The lowest BCUT2D eigenvalue weighted by Gasteiger charge is -2.17. The van der Waals surface area contributed by atoms with Crippen molar-refractivity contribution in [1.82, 2.24) is 5.32 Å². The van der Waals surface area contributed by atoms with E-state index >= 15 is 0 Å². The second-order valence-electron chi connectivity index (χ2n) is 8.15. The van der Waals surface area contributed by atoms with Gasteiger partial charge in [-0.15, -0.1) is 13.2 Å². The fourth-order valence-electron chi connectivity index (χ4n) is 4.24. The Labute approximate surface area is 195 Å². The number of fused-ring (bicyclic) bond motifs is 3. The number of hydrogen-bond donors (Lipinski definition) is 2. The molecule has 0 saturated carbocycles. The maximum absolute atomic E-state index is 12.3. The van der Waals surface area contributed by atoms with Gasteiger partial charge in [0.2, 0.25) is 0 Å². The lowest BCUT2D eigenvalue weighted by atomic mass is 9.98. The van der Waals surface area contributed by atoms with Crippen molar-refractivity contribution in [3.05, 3.63) is 89.5 Å². The number of ether oxygens (including phenoxy) is 2. The summed E-state index contributed by atoms with van der Waals surface area (Å²) in [5, 5.41) is 12.3. The van der Waals surface area contributed by atoms with Crippen LogP contribution in [-0.4, -0.2) is 37.3 Å². The van der Waals surface area contributed by atoms with Gasteiger partial charge in [0.1, 0.15) is 12.4 Å². The number of aliphatic hydroxyl groups is 1. The van der Waals surface area contributed by atoms with Crippen LogP contribution >= 0.6 is 0 Å². The minimum atomic E-state index is -4.75. The summed E-state index contributed by atoms with van der Waals surface area (Å²) in [7, 11) is 0. The van der Waals surface area contributed by atoms with E-state index in [1.807, 2.05) is 36.4 Å². The van der Waals surface area contributed by atoms with Crippen molar-refractivity contribution in [3.63, 3.8) is 0 Å². The first-order valence-electron chi connectivity index (χ1n) is 10.9. The van der Waals surface area contributed by atoms with E-state index in [1.165, 1.54) is 24.3 Å². The average Bonchev–Trinajstić information content (AvgIpc) is 3.14. The highest BCUT2D eigenvalue weighted by molar-refractivity contribution is 5.79. The van der Waals surface area contributed by atoms with Gasteiger partial charge < -0.3 is 19.9 Å². The Bertz CT molecular complexity index is 1090. The van der Waals surface area contributed by atoms with Gasteiger partial charge in [0.15, 0.2) is 0 Å². The molecule has 2 N–H and O–H groups in total. The molecule has 0 heterocycles. The Kier molecular flexibility index (Phi) is 7.07. The summed E-state index contributed by atoms with van der Waals surface area (Å²) < 4.78 is 46.2. The van der Waals surface area contributed by atoms with Gasteiger partial charge in [0.25, 0.3) is 0 Å². The van der Waals surface area contributed by atoms with Crippen molar-refractivity contribution >= 4 is 6.09 Å².